The zero-order valence-corrected chi connectivity index (χ0v) is 13.7. The Balaban J connectivity index is 2.61. The minimum atomic E-state index is -3.30. The van der Waals surface area contributed by atoms with Crippen LogP contribution in [0.3, 0.4) is 0 Å². The highest BCUT2D eigenvalue weighted by molar-refractivity contribution is 7.88. The van der Waals surface area contributed by atoms with Gasteiger partial charge in [-0.15, -0.1) is 0 Å². The molecule has 1 aromatic rings. The molecule has 0 aliphatic rings. The summed E-state index contributed by atoms with van der Waals surface area (Å²) in [6.45, 7) is 4.85. The Morgan fingerprint density at radius 2 is 1.86 bits per heavy atom. The first kappa shape index (κ1) is 17.7. The summed E-state index contributed by atoms with van der Waals surface area (Å²) in [5.74, 6) is -0.0405. The molecule has 21 heavy (non-hydrogen) atoms. The highest BCUT2D eigenvalue weighted by Gasteiger charge is 2.16. The van der Waals surface area contributed by atoms with Crippen molar-refractivity contribution in [2.75, 3.05) is 19.3 Å². The van der Waals surface area contributed by atoms with E-state index in [1.807, 2.05) is 38.1 Å². The maximum atomic E-state index is 11.8. The molecule has 0 aromatic heterocycles. The van der Waals surface area contributed by atoms with Crippen LogP contribution in [-0.2, 0) is 21.4 Å². The van der Waals surface area contributed by atoms with Gasteiger partial charge < -0.3 is 5.32 Å². The molecule has 0 spiro atoms. The Labute approximate surface area is 127 Å². The third kappa shape index (κ3) is 6.73. The molecule has 5 nitrogen and oxygen atoms in total. The van der Waals surface area contributed by atoms with E-state index >= 15 is 0 Å². The number of nitrogens with zero attached hydrogens (tertiary/aromatic N) is 1. The molecule has 0 aliphatic carbocycles. The molecule has 0 radical (unpaired) electrons. The third-order valence-electron chi connectivity index (χ3n) is 3.11. The molecule has 0 fully saturated rings. The van der Waals surface area contributed by atoms with Gasteiger partial charge in [0, 0.05) is 26.1 Å². The summed E-state index contributed by atoms with van der Waals surface area (Å²) < 4.78 is 25.0. The van der Waals surface area contributed by atoms with E-state index in [4.69, 9.17) is 0 Å². The van der Waals surface area contributed by atoms with Gasteiger partial charge in [0.15, 0.2) is 0 Å². The second-order valence-corrected chi connectivity index (χ2v) is 7.16. The molecule has 0 saturated heterocycles. The lowest BCUT2D eigenvalue weighted by atomic mass is 10.1. The normalized spacial score (nSPS) is 11.6. The average Bonchev–Trinajstić information content (AvgIpc) is 2.39. The fraction of sp³-hybridized carbons (Fsp3) is 0.533. The summed E-state index contributed by atoms with van der Waals surface area (Å²) in [7, 11) is -3.30. The van der Waals surface area contributed by atoms with Crippen LogP contribution in [0.1, 0.15) is 30.9 Å². The summed E-state index contributed by atoms with van der Waals surface area (Å²) in [5, 5.41) is 2.74. The van der Waals surface area contributed by atoms with Gasteiger partial charge in [0.25, 0.3) is 0 Å². The Bertz CT molecular complexity index is 553. The molecule has 0 aliphatic heterocycles. The second-order valence-electron chi connectivity index (χ2n) is 5.18. The molecule has 1 rings (SSSR count). The van der Waals surface area contributed by atoms with Crippen LogP contribution in [0.15, 0.2) is 24.3 Å². The molecule has 0 unspecified atom stereocenters. The van der Waals surface area contributed by atoms with Crippen molar-refractivity contribution >= 4 is 15.9 Å². The summed E-state index contributed by atoms with van der Waals surface area (Å²) in [6, 6.07) is 7.75. The largest absolute Gasteiger partial charge is 0.355 e. The first-order valence-corrected chi connectivity index (χ1v) is 8.95. The smallest absolute Gasteiger partial charge is 0.220 e. The van der Waals surface area contributed by atoms with Crippen molar-refractivity contribution in [3.05, 3.63) is 35.4 Å². The van der Waals surface area contributed by atoms with Crippen molar-refractivity contribution in [1.82, 2.24) is 9.62 Å². The third-order valence-corrected chi connectivity index (χ3v) is 4.36. The van der Waals surface area contributed by atoms with Crippen molar-refractivity contribution in [2.24, 2.45) is 0 Å². The summed E-state index contributed by atoms with van der Waals surface area (Å²) >= 11 is 0. The van der Waals surface area contributed by atoms with Gasteiger partial charge in [-0.25, -0.2) is 8.42 Å². The van der Waals surface area contributed by atoms with Gasteiger partial charge in [-0.3, -0.25) is 4.79 Å². The van der Waals surface area contributed by atoms with Gasteiger partial charge in [-0.1, -0.05) is 36.8 Å². The van der Waals surface area contributed by atoms with E-state index in [0.717, 1.165) is 17.5 Å². The molecule has 0 atom stereocenters. The minimum absolute atomic E-state index is 0.0405. The molecule has 1 aromatic carbocycles. The summed E-state index contributed by atoms with van der Waals surface area (Å²) in [4.78, 5) is 11.4. The quantitative estimate of drug-likeness (QED) is 0.794. The van der Waals surface area contributed by atoms with Crippen LogP contribution in [0.2, 0.25) is 0 Å². The van der Waals surface area contributed by atoms with E-state index in [9.17, 15) is 13.2 Å². The van der Waals surface area contributed by atoms with E-state index in [0.29, 0.717) is 19.5 Å². The fourth-order valence-corrected chi connectivity index (χ4v) is 2.70. The van der Waals surface area contributed by atoms with Gasteiger partial charge in [-0.05, 0) is 18.9 Å². The van der Waals surface area contributed by atoms with Crippen molar-refractivity contribution in [3.8, 4) is 0 Å². The van der Waals surface area contributed by atoms with Gasteiger partial charge in [0.05, 0.1) is 6.26 Å². The molecule has 0 saturated carbocycles. The average molecular weight is 312 g/mol. The van der Waals surface area contributed by atoms with Crippen LogP contribution < -0.4 is 5.32 Å². The second kappa shape index (κ2) is 8.14. The number of carbonyl (C=O) groups is 1. The van der Waals surface area contributed by atoms with Crippen LogP contribution in [0.4, 0.5) is 0 Å². The Hall–Kier alpha value is -1.40. The highest BCUT2D eigenvalue weighted by Crippen LogP contribution is 2.09. The molecule has 1 amide bonds. The molecule has 6 heteroatoms. The van der Waals surface area contributed by atoms with Crippen LogP contribution in [0, 0.1) is 6.92 Å². The number of benzene rings is 1. The lowest BCUT2D eigenvalue weighted by Gasteiger charge is -2.20. The van der Waals surface area contributed by atoms with Crippen LogP contribution in [0.5, 0.6) is 0 Å². The van der Waals surface area contributed by atoms with E-state index in [1.165, 1.54) is 10.6 Å². The zero-order valence-electron chi connectivity index (χ0n) is 12.9. The molecule has 1 N–H and O–H groups in total. The number of sulfonamides is 1. The number of hydrogen-bond donors (Lipinski definition) is 1. The van der Waals surface area contributed by atoms with Crippen LogP contribution >= 0.6 is 0 Å². The SMILES string of the molecule is CCCC(=O)NCCN(Cc1ccc(C)cc1)S(C)(=O)=O. The van der Waals surface area contributed by atoms with E-state index < -0.39 is 10.0 Å². The topological polar surface area (TPSA) is 66.5 Å². The van der Waals surface area contributed by atoms with Gasteiger partial charge in [-0.2, -0.15) is 4.31 Å². The molecular weight excluding hydrogens is 288 g/mol. The number of carbonyl (C=O) groups excluding carboxylic acids is 1. The first-order valence-electron chi connectivity index (χ1n) is 7.10. The number of aryl methyl sites for hydroxylation is 1. The zero-order chi connectivity index (χ0) is 15.9. The summed E-state index contributed by atoms with van der Waals surface area (Å²) in [6.07, 6.45) is 2.44. The summed E-state index contributed by atoms with van der Waals surface area (Å²) in [5.41, 5.74) is 2.07. The van der Waals surface area contributed by atoms with E-state index in [1.54, 1.807) is 0 Å². The van der Waals surface area contributed by atoms with Crippen molar-refractivity contribution in [3.63, 3.8) is 0 Å². The predicted octanol–water partition coefficient (Wildman–Crippen LogP) is 1.67. The monoisotopic (exact) mass is 312 g/mol. The highest BCUT2D eigenvalue weighted by atomic mass is 32.2. The van der Waals surface area contributed by atoms with Crippen molar-refractivity contribution < 1.29 is 13.2 Å². The van der Waals surface area contributed by atoms with Crippen molar-refractivity contribution in [2.45, 2.75) is 33.2 Å². The lowest BCUT2D eigenvalue weighted by molar-refractivity contribution is -0.121. The molecule has 0 bridgehead atoms. The maximum Gasteiger partial charge on any atom is 0.220 e. The molecule has 118 valence electrons. The molecular formula is C15H24N2O3S. The first-order chi connectivity index (χ1) is 9.82. The number of rotatable bonds is 8. The Morgan fingerprint density at radius 1 is 1.24 bits per heavy atom. The van der Waals surface area contributed by atoms with E-state index in [-0.39, 0.29) is 12.5 Å². The predicted molar refractivity (Wildman–Crippen MR) is 84.4 cm³/mol. The fourth-order valence-electron chi connectivity index (χ4n) is 1.89. The Kier molecular flexibility index (Phi) is 6.84. The van der Waals surface area contributed by atoms with Gasteiger partial charge >= 0.3 is 0 Å². The maximum absolute atomic E-state index is 11.8. The van der Waals surface area contributed by atoms with Crippen LogP contribution in [-0.4, -0.2) is 38.0 Å². The number of hydrogen-bond acceptors (Lipinski definition) is 3. The van der Waals surface area contributed by atoms with Gasteiger partial charge in [0.1, 0.15) is 0 Å². The molecule has 0 heterocycles. The van der Waals surface area contributed by atoms with Gasteiger partial charge in [0.2, 0.25) is 15.9 Å². The number of amides is 1. The number of nitrogens with one attached hydrogen (secondary N) is 1. The van der Waals surface area contributed by atoms with Crippen molar-refractivity contribution in [1.29, 1.82) is 0 Å². The van der Waals surface area contributed by atoms with Crippen LogP contribution in [0.25, 0.3) is 0 Å². The Morgan fingerprint density at radius 3 is 2.38 bits per heavy atom. The standard InChI is InChI=1S/C15H24N2O3S/c1-4-5-15(18)16-10-11-17(21(3,19)20)12-14-8-6-13(2)7-9-14/h6-9H,4-5,10-12H2,1-3H3,(H,16,18). The minimum Gasteiger partial charge on any atom is -0.355 e. The van der Waals surface area contributed by atoms with E-state index in [2.05, 4.69) is 5.32 Å². The lowest BCUT2D eigenvalue weighted by Crippen LogP contribution is -2.37.